The smallest absolute Gasteiger partial charge is 0.343 e. The van der Waals surface area contributed by atoms with Crippen LogP contribution in [0.3, 0.4) is 0 Å². The zero-order chi connectivity index (χ0) is 77.7. The average molecular weight is 1520 g/mol. The molecule has 3 aromatic carbocycles. The number of hydrogen-bond donors (Lipinski definition) is 9. The molecule has 18 rings (SSSR count). The number of ether oxygens (including phenoxy) is 9. The summed E-state index contributed by atoms with van der Waals surface area (Å²) < 4.78 is 55.2. The highest BCUT2D eigenvalue weighted by Crippen LogP contribution is 2.45. The predicted octanol–water partition coefficient (Wildman–Crippen LogP) is 3.69. The summed E-state index contributed by atoms with van der Waals surface area (Å²) in [5.41, 5.74) is 5.13. The molecule has 111 heavy (non-hydrogen) atoms. The zero-order valence-electron chi connectivity index (χ0n) is 60.3. The van der Waals surface area contributed by atoms with Crippen LogP contribution in [0.25, 0.3) is 66.9 Å². The number of aliphatic hydroxyl groups is 9. The highest BCUT2D eigenvalue weighted by atomic mass is 16.7. The fourth-order valence-corrected chi connectivity index (χ4v) is 15.9. The number of fused-ring (bicyclic) bond motifs is 15. The first kappa shape index (κ1) is 74.8. The van der Waals surface area contributed by atoms with E-state index in [0.717, 1.165) is 49.5 Å². The first-order valence-corrected chi connectivity index (χ1v) is 36.5. The van der Waals surface area contributed by atoms with Crippen molar-refractivity contribution in [1.82, 2.24) is 28.7 Å². The van der Waals surface area contributed by atoms with Crippen molar-refractivity contribution in [3.05, 3.63) is 225 Å². The lowest BCUT2D eigenvalue weighted by molar-refractivity contribution is -0.184. The molecule has 30 heteroatoms. The Morgan fingerprint density at radius 3 is 0.937 bits per heavy atom. The molecule has 576 valence electrons. The van der Waals surface area contributed by atoms with Gasteiger partial charge < -0.3 is 102 Å². The standard InChI is InChI=1S/3C27H26N2O8/c3*1-2-27(34)18-9-20-24-15(10-29(20)25(32)17(18)13-36-26(27)33)16(14-5-3-4-6-19(14)28-24)12-35-23-8-7-21(31)22(11-30)37-23/h3*3-9,21-23,30-31,34H,2,10-13H2,1H3/t21-,22+,23?,27-;21-,22+,23+,27-;21-,22+,23-,27-/m000/s1. The van der Waals surface area contributed by atoms with Crippen LogP contribution in [-0.4, -0.2) is 168 Å². The molecule has 9 aromatic rings. The van der Waals surface area contributed by atoms with Gasteiger partial charge in [-0.25, -0.2) is 29.3 Å². The molecule has 0 spiro atoms. The van der Waals surface area contributed by atoms with Crippen LogP contribution in [0, 0.1) is 0 Å². The minimum atomic E-state index is -1.90. The first-order chi connectivity index (χ1) is 53.6. The van der Waals surface area contributed by atoms with Gasteiger partial charge in [-0.1, -0.05) is 93.6 Å². The van der Waals surface area contributed by atoms with E-state index in [1.165, 1.54) is 18.2 Å². The SMILES string of the molecule is CC[C@@]1(O)C(=O)OCc2c1cc1n(c2=O)Cc2c-1nc1ccccc1c2COC1C=C[C@H](O)[C@@H](CO)O1.CC[C@@]1(O)C(=O)OCc2c1cc1n(c2=O)Cc2c-1nc1ccccc1c2CO[C@@H]1C=C[C@H](O)[C@@H](CO)O1.CC[C@@]1(O)C(=O)OCc2c1cc1n(c2=O)Cc2c-1nc1ccccc1c2CO[C@H]1C=C[C@H](O)[C@@H](CO)O1. The van der Waals surface area contributed by atoms with Gasteiger partial charge in [-0.3, -0.25) is 14.4 Å². The third kappa shape index (κ3) is 12.6. The van der Waals surface area contributed by atoms with Crippen LogP contribution in [0.15, 0.2) is 142 Å². The van der Waals surface area contributed by atoms with Crippen LogP contribution in [-0.2, 0) is 133 Å². The summed E-state index contributed by atoms with van der Waals surface area (Å²) >= 11 is 0. The minimum Gasteiger partial charge on any atom is -0.458 e. The van der Waals surface area contributed by atoms with Crippen molar-refractivity contribution in [3.63, 3.8) is 0 Å². The molecule has 0 amide bonds. The molecule has 0 bridgehead atoms. The molecular formula is C81H78N6O24. The van der Waals surface area contributed by atoms with Gasteiger partial charge in [0.1, 0.15) is 56.4 Å². The maximum absolute atomic E-state index is 13.5. The van der Waals surface area contributed by atoms with Gasteiger partial charge in [0.25, 0.3) is 16.7 Å². The summed E-state index contributed by atoms with van der Waals surface area (Å²) in [5.74, 6) is -2.30. The van der Waals surface area contributed by atoms with E-state index in [4.69, 9.17) is 57.6 Å². The van der Waals surface area contributed by atoms with E-state index in [1.807, 2.05) is 72.8 Å². The molecule has 30 nitrogen and oxygen atoms in total. The van der Waals surface area contributed by atoms with E-state index in [9.17, 15) is 74.7 Å². The highest BCUT2D eigenvalue weighted by Gasteiger charge is 2.49. The number of carbonyl (C=O) groups excluding carboxylic acids is 3. The number of cyclic esters (lactones) is 3. The van der Waals surface area contributed by atoms with Crippen molar-refractivity contribution in [2.75, 3.05) is 19.8 Å². The molecule has 15 heterocycles. The number of esters is 3. The number of hydrogen-bond acceptors (Lipinski definition) is 27. The summed E-state index contributed by atoms with van der Waals surface area (Å²) in [7, 11) is 0. The van der Waals surface area contributed by atoms with E-state index in [0.29, 0.717) is 50.7 Å². The fraction of sp³-hybridized carbons (Fsp3) is 0.370. The lowest BCUT2D eigenvalue weighted by Crippen LogP contribution is -2.44. The molecule has 6 aromatic heterocycles. The Kier molecular flexibility index (Phi) is 19.9. The van der Waals surface area contributed by atoms with Crippen molar-refractivity contribution in [2.45, 2.75) is 172 Å². The fourth-order valence-electron chi connectivity index (χ4n) is 15.9. The number of rotatable bonds is 15. The number of benzene rings is 3. The number of nitrogens with zero attached hydrogens (tertiary/aromatic N) is 6. The number of aliphatic hydroxyl groups excluding tert-OH is 6. The van der Waals surface area contributed by atoms with Crippen molar-refractivity contribution in [1.29, 1.82) is 0 Å². The molecule has 0 aliphatic carbocycles. The second-order valence-electron chi connectivity index (χ2n) is 28.3. The quantitative estimate of drug-likeness (QED) is 0.0401. The van der Waals surface area contributed by atoms with Gasteiger partial charge in [0.15, 0.2) is 35.7 Å². The summed E-state index contributed by atoms with van der Waals surface area (Å²) in [6.45, 7) is 4.46. The zero-order valence-corrected chi connectivity index (χ0v) is 60.3. The number of aromatic nitrogens is 6. The Hall–Kier alpha value is -10.2. The lowest BCUT2D eigenvalue weighted by Gasteiger charge is -2.31. The third-order valence-electron chi connectivity index (χ3n) is 22.3. The van der Waals surface area contributed by atoms with Gasteiger partial charge in [0.05, 0.1) is 127 Å². The van der Waals surface area contributed by atoms with E-state index in [1.54, 1.807) is 70.9 Å². The number of carbonyl (C=O) groups is 3. The molecule has 9 aliphatic heterocycles. The molecule has 12 atom stereocenters. The van der Waals surface area contributed by atoms with Crippen LogP contribution in [0.5, 0.6) is 0 Å². The molecule has 0 radical (unpaired) electrons. The van der Waals surface area contributed by atoms with Crippen LogP contribution in [0.1, 0.15) is 107 Å². The Morgan fingerprint density at radius 1 is 0.405 bits per heavy atom. The second kappa shape index (κ2) is 29.5. The molecule has 1 unspecified atom stereocenters. The van der Waals surface area contributed by atoms with Gasteiger partial charge in [-0.2, -0.15) is 0 Å². The highest BCUT2D eigenvalue weighted by molar-refractivity contribution is 5.92. The van der Waals surface area contributed by atoms with Gasteiger partial charge in [0.2, 0.25) is 0 Å². The summed E-state index contributed by atoms with van der Waals surface area (Å²) in [6, 6.07) is 27.7. The van der Waals surface area contributed by atoms with Crippen LogP contribution >= 0.6 is 0 Å². The topological polar surface area (TPSA) is 421 Å². The van der Waals surface area contributed by atoms with Crippen molar-refractivity contribution in [3.8, 4) is 34.2 Å². The van der Waals surface area contributed by atoms with Gasteiger partial charge in [0, 0.05) is 49.5 Å². The molecule has 9 aliphatic rings. The normalized spacial score (nSPS) is 26.1. The van der Waals surface area contributed by atoms with Gasteiger partial charge in [-0.05, 0) is 90.6 Å². The predicted molar refractivity (Wildman–Crippen MR) is 391 cm³/mol. The van der Waals surface area contributed by atoms with E-state index >= 15 is 0 Å². The molecule has 0 fully saturated rings. The van der Waals surface area contributed by atoms with Gasteiger partial charge >= 0.3 is 17.9 Å². The van der Waals surface area contributed by atoms with Crippen molar-refractivity contribution < 1.29 is 103 Å². The van der Waals surface area contributed by atoms with E-state index in [-0.39, 0.29) is 148 Å². The molecule has 0 saturated carbocycles. The summed E-state index contributed by atoms with van der Waals surface area (Å²) in [6.07, 6.45) is 2.15. The van der Waals surface area contributed by atoms with Crippen molar-refractivity contribution in [2.24, 2.45) is 0 Å². The number of pyridine rings is 6. The number of para-hydroxylation sites is 3. The maximum atomic E-state index is 13.5. The van der Waals surface area contributed by atoms with Gasteiger partial charge in [-0.15, -0.1) is 0 Å². The lowest BCUT2D eigenvalue weighted by atomic mass is 9.86. The Bertz CT molecular complexity index is 5080. The molecule has 0 saturated heterocycles. The maximum Gasteiger partial charge on any atom is 0.343 e. The Morgan fingerprint density at radius 2 is 0.676 bits per heavy atom. The van der Waals surface area contributed by atoms with Crippen LogP contribution < -0.4 is 16.7 Å². The van der Waals surface area contributed by atoms with E-state index < -0.39 is 90.2 Å². The summed E-state index contributed by atoms with van der Waals surface area (Å²) in [5, 5.41) is 94.0. The second-order valence-corrected chi connectivity index (χ2v) is 28.3. The minimum absolute atomic E-state index is 0.0667. The van der Waals surface area contributed by atoms with Crippen LogP contribution in [0.2, 0.25) is 0 Å². The summed E-state index contributed by atoms with van der Waals surface area (Å²) in [4.78, 5) is 92.4. The third-order valence-corrected chi connectivity index (χ3v) is 22.3. The largest absolute Gasteiger partial charge is 0.458 e. The first-order valence-electron chi connectivity index (χ1n) is 36.5. The van der Waals surface area contributed by atoms with E-state index in [2.05, 4.69) is 0 Å². The molecule has 9 N–H and O–H groups in total. The monoisotopic (exact) mass is 1520 g/mol. The van der Waals surface area contributed by atoms with Crippen LogP contribution in [0.4, 0.5) is 0 Å². The molecular weight excluding hydrogens is 1440 g/mol. The Balaban J connectivity index is 0.000000126. The Labute approximate surface area is 630 Å². The average Bonchev–Trinajstić information content (AvgIpc) is 1.60. The van der Waals surface area contributed by atoms with Crippen molar-refractivity contribution >= 4 is 50.6 Å².